The molecule has 2 aliphatic rings. The smallest absolute Gasteiger partial charge is 0.308 e. The van der Waals surface area contributed by atoms with Crippen LogP contribution in [0, 0.1) is 6.92 Å². The van der Waals surface area contributed by atoms with Crippen molar-refractivity contribution in [1.29, 1.82) is 0 Å². The highest BCUT2D eigenvalue weighted by atomic mass is 16.7. The Morgan fingerprint density at radius 2 is 1.66 bits per heavy atom. The second-order valence-corrected chi connectivity index (χ2v) is 10.8. The summed E-state index contributed by atoms with van der Waals surface area (Å²) in [5, 5.41) is 51.0. The number of carbonyl (C=O) groups excluding carboxylic acids is 3. The average Bonchev–Trinajstić information content (AvgIpc) is 2.99. The van der Waals surface area contributed by atoms with Gasteiger partial charge in [0.2, 0.25) is 6.29 Å². The zero-order valence-electron chi connectivity index (χ0n) is 24.2. The van der Waals surface area contributed by atoms with Gasteiger partial charge in [-0.25, -0.2) is 0 Å². The van der Waals surface area contributed by atoms with E-state index in [1.54, 1.807) is 12.2 Å². The van der Waals surface area contributed by atoms with E-state index >= 15 is 0 Å². The van der Waals surface area contributed by atoms with Crippen molar-refractivity contribution in [3.05, 3.63) is 87.0 Å². The van der Waals surface area contributed by atoms with Crippen LogP contribution in [0.15, 0.2) is 42.5 Å². The molecule has 0 radical (unpaired) electrons. The van der Waals surface area contributed by atoms with Crippen LogP contribution in [-0.4, -0.2) is 80.4 Å². The number of hydrogen-bond acceptors (Lipinski definition) is 11. The Morgan fingerprint density at radius 1 is 0.932 bits per heavy atom. The first-order valence-corrected chi connectivity index (χ1v) is 14.0. The van der Waals surface area contributed by atoms with E-state index in [1.807, 2.05) is 24.3 Å². The summed E-state index contributed by atoms with van der Waals surface area (Å²) in [6.07, 6.45) is -3.29. The lowest BCUT2D eigenvalue weighted by Crippen LogP contribution is -2.58. The van der Waals surface area contributed by atoms with E-state index in [9.17, 15) is 39.9 Å². The van der Waals surface area contributed by atoms with E-state index < -0.39 is 54.0 Å². The van der Waals surface area contributed by atoms with E-state index in [-0.39, 0.29) is 51.5 Å². The number of phenolic OH excluding ortho intramolecular Hbond substituents is 1. The average molecular weight is 605 g/mol. The number of benzene rings is 3. The summed E-state index contributed by atoms with van der Waals surface area (Å²) >= 11 is 0. The number of phenols is 1. The lowest BCUT2D eigenvalue weighted by molar-refractivity contribution is -0.268. The molecule has 3 aromatic rings. The van der Waals surface area contributed by atoms with Gasteiger partial charge in [-0.15, -0.1) is 0 Å². The van der Waals surface area contributed by atoms with Crippen molar-refractivity contribution in [2.45, 2.75) is 57.9 Å². The number of aliphatic hydroxyl groups is 4. The van der Waals surface area contributed by atoms with Crippen LogP contribution in [0.25, 0.3) is 12.2 Å². The van der Waals surface area contributed by atoms with Crippen molar-refractivity contribution < 1.29 is 54.1 Å². The van der Waals surface area contributed by atoms with Gasteiger partial charge < -0.3 is 39.7 Å². The molecule has 5 atom stereocenters. The number of ether oxygens (including phenoxy) is 3. The SMILES string of the molecule is CC(=O)Oc1ccc2c(c1C=Cc1cccc(CCO)c1)C(=O)c1cc(O[C@@H]3O[C@@H](C)[C@@H](O)[C@@H](O)[C@H]3O)c(C)c(O)c1C2=O. The van der Waals surface area contributed by atoms with Crippen molar-refractivity contribution >= 4 is 29.7 Å². The third kappa shape index (κ3) is 5.63. The number of aromatic hydroxyl groups is 1. The fraction of sp³-hybridized carbons (Fsp3) is 0.303. The number of ketones is 2. The summed E-state index contributed by atoms with van der Waals surface area (Å²) in [4.78, 5) is 39.8. The van der Waals surface area contributed by atoms with Gasteiger partial charge in [0.1, 0.15) is 35.6 Å². The van der Waals surface area contributed by atoms with Gasteiger partial charge in [0.15, 0.2) is 11.6 Å². The van der Waals surface area contributed by atoms with Gasteiger partial charge in [0, 0.05) is 41.3 Å². The predicted octanol–water partition coefficient (Wildman–Crippen LogP) is 2.31. The first-order valence-electron chi connectivity index (χ1n) is 14.0. The molecule has 0 spiro atoms. The molecule has 1 fully saturated rings. The minimum absolute atomic E-state index is 0.00702. The fourth-order valence-electron chi connectivity index (χ4n) is 5.38. The van der Waals surface area contributed by atoms with E-state index in [2.05, 4.69) is 0 Å². The Morgan fingerprint density at radius 3 is 2.36 bits per heavy atom. The fourth-order valence-corrected chi connectivity index (χ4v) is 5.38. The third-order valence-electron chi connectivity index (χ3n) is 7.75. The lowest BCUT2D eigenvalue weighted by Gasteiger charge is -2.39. The van der Waals surface area contributed by atoms with Crippen molar-refractivity contribution in [2.75, 3.05) is 6.61 Å². The van der Waals surface area contributed by atoms with Gasteiger partial charge >= 0.3 is 5.97 Å². The molecule has 1 saturated heterocycles. The number of hydrogen-bond donors (Lipinski definition) is 5. The summed E-state index contributed by atoms with van der Waals surface area (Å²) in [7, 11) is 0. The van der Waals surface area contributed by atoms with Crippen LogP contribution in [0.1, 0.15) is 67.9 Å². The predicted molar refractivity (Wildman–Crippen MR) is 157 cm³/mol. The first-order chi connectivity index (χ1) is 20.9. The standard InChI is InChI=1S/C33H32O11/c1-15-24(44-33-32(41)31(40)28(37)16(2)42-33)14-22-26(27(15)36)29(38)21-9-10-23(43-17(3)35)20(25(21)30(22)39)8-7-18-5-4-6-19(13-18)11-12-34/h4-10,13-14,16,28,31-34,36-37,40-41H,11-12H2,1-3H3/t16-,28+,31+,32+,33-/m0/s1. The largest absolute Gasteiger partial charge is 0.507 e. The van der Waals surface area contributed by atoms with Crippen LogP contribution in [0.4, 0.5) is 0 Å². The van der Waals surface area contributed by atoms with Crippen molar-refractivity contribution in [1.82, 2.24) is 0 Å². The molecule has 5 rings (SSSR count). The van der Waals surface area contributed by atoms with Crippen molar-refractivity contribution in [3.63, 3.8) is 0 Å². The molecular formula is C33H32O11. The highest BCUT2D eigenvalue weighted by Crippen LogP contribution is 2.43. The number of fused-ring (bicyclic) bond motifs is 2. The third-order valence-corrected chi connectivity index (χ3v) is 7.75. The molecular weight excluding hydrogens is 572 g/mol. The summed E-state index contributed by atoms with van der Waals surface area (Å²) < 4.78 is 16.7. The minimum Gasteiger partial charge on any atom is -0.507 e. The summed E-state index contributed by atoms with van der Waals surface area (Å²) in [6.45, 7) is 4.10. The maximum atomic E-state index is 14.1. The number of carbonyl (C=O) groups is 3. The normalized spacial score (nSPS) is 22.9. The van der Waals surface area contributed by atoms with Gasteiger partial charge in [-0.3, -0.25) is 14.4 Å². The molecule has 230 valence electrons. The van der Waals surface area contributed by atoms with Gasteiger partial charge in [-0.1, -0.05) is 30.3 Å². The second-order valence-electron chi connectivity index (χ2n) is 10.8. The molecule has 11 nitrogen and oxygen atoms in total. The maximum Gasteiger partial charge on any atom is 0.308 e. The number of aliphatic hydroxyl groups excluding tert-OH is 4. The molecule has 0 unspecified atom stereocenters. The van der Waals surface area contributed by atoms with Crippen LogP contribution in [0.5, 0.6) is 17.2 Å². The lowest BCUT2D eigenvalue weighted by atomic mass is 9.80. The highest BCUT2D eigenvalue weighted by molar-refractivity contribution is 6.31. The molecule has 44 heavy (non-hydrogen) atoms. The van der Waals surface area contributed by atoms with E-state index in [0.29, 0.717) is 6.42 Å². The Kier molecular flexibility index (Phi) is 8.69. The van der Waals surface area contributed by atoms with Gasteiger partial charge in [-0.2, -0.15) is 0 Å². The summed E-state index contributed by atoms with van der Waals surface area (Å²) in [5.41, 5.74) is 1.35. The molecule has 11 heteroatoms. The molecule has 3 aromatic carbocycles. The van der Waals surface area contributed by atoms with Gasteiger partial charge in [0.25, 0.3) is 0 Å². The Labute approximate surface area is 252 Å². The first kappa shape index (κ1) is 31.0. The Bertz CT molecular complexity index is 1670. The van der Waals surface area contributed by atoms with Crippen LogP contribution in [0.2, 0.25) is 0 Å². The van der Waals surface area contributed by atoms with Gasteiger partial charge in [0.05, 0.1) is 11.7 Å². The van der Waals surface area contributed by atoms with E-state index in [0.717, 1.165) is 11.1 Å². The molecule has 0 saturated carbocycles. The van der Waals surface area contributed by atoms with Crippen molar-refractivity contribution in [2.24, 2.45) is 0 Å². The number of rotatable bonds is 7. The van der Waals surface area contributed by atoms with Crippen molar-refractivity contribution in [3.8, 4) is 17.2 Å². The molecule has 0 bridgehead atoms. The molecule has 5 N–H and O–H groups in total. The quantitative estimate of drug-likeness (QED) is 0.119. The molecule has 0 amide bonds. The number of esters is 1. The Balaban J connectivity index is 1.60. The zero-order chi connectivity index (χ0) is 31.9. The van der Waals surface area contributed by atoms with E-state index in [4.69, 9.17) is 14.2 Å². The van der Waals surface area contributed by atoms with Crippen LogP contribution < -0.4 is 9.47 Å². The molecule has 1 aliphatic heterocycles. The van der Waals surface area contributed by atoms with E-state index in [1.165, 1.54) is 39.0 Å². The zero-order valence-corrected chi connectivity index (χ0v) is 24.2. The Hall–Kier alpha value is -4.39. The van der Waals surface area contributed by atoms with Crippen LogP contribution >= 0.6 is 0 Å². The summed E-state index contributed by atoms with van der Waals surface area (Å²) in [5.74, 6) is -2.52. The molecule has 1 heterocycles. The monoisotopic (exact) mass is 604 g/mol. The second kappa shape index (κ2) is 12.3. The topological polar surface area (TPSA) is 180 Å². The molecule has 1 aliphatic carbocycles. The van der Waals surface area contributed by atoms with Crippen LogP contribution in [0.3, 0.4) is 0 Å². The van der Waals surface area contributed by atoms with Gasteiger partial charge in [-0.05, 0) is 55.7 Å². The summed E-state index contributed by atoms with van der Waals surface area (Å²) in [6, 6.07) is 11.3. The highest BCUT2D eigenvalue weighted by Gasteiger charge is 2.44. The van der Waals surface area contributed by atoms with Crippen LogP contribution in [-0.2, 0) is 16.0 Å². The minimum atomic E-state index is -1.66. The maximum absolute atomic E-state index is 14.1. The molecule has 0 aromatic heterocycles.